The smallest absolute Gasteiger partial charge is 0.296 e. The molecule has 0 aliphatic rings. The van der Waals surface area contributed by atoms with Crippen LogP contribution in [0.25, 0.3) is 0 Å². The second kappa shape index (κ2) is 7.48. The van der Waals surface area contributed by atoms with E-state index in [9.17, 15) is 17.7 Å². The fraction of sp³-hybridized carbons (Fsp3) is 1.00. The molecule has 0 unspecified atom stereocenters. The second-order valence-corrected chi connectivity index (χ2v) is 6.03. The molecule has 0 fully saturated rings. The molecule has 0 bridgehead atoms. The Kier molecular flexibility index (Phi) is 7.44. The fourth-order valence-electron chi connectivity index (χ4n) is 1.66. The van der Waals surface area contributed by atoms with Crippen molar-refractivity contribution in [2.75, 3.05) is 32.8 Å². The topological polar surface area (TPSA) is 32.8 Å². The number of nitrogens with zero attached hydrogens (tertiary/aromatic N) is 2. The van der Waals surface area contributed by atoms with Crippen molar-refractivity contribution in [2.45, 2.75) is 33.9 Å². The molecule has 0 saturated heterocycles. The van der Waals surface area contributed by atoms with Crippen molar-refractivity contribution in [3.63, 3.8) is 0 Å². The van der Waals surface area contributed by atoms with Gasteiger partial charge in [-0.1, -0.05) is 27.7 Å². The lowest BCUT2D eigenvalue weighted by molar-refractivity contribution is -0.155. The first-order chi connectivity index (χ1) is 8.25. The van der Waals surface area contributed by atoms with E-state index in [0.717, 1.165) is 0 Å². The molecule has 0 rings (SSSR count). The molecule has 0 aromatic heterocycles. The third-order valence-electron chi connectivity index (χ3n) is 2.57. The normalized spacial score (nSPS) is 13.6. The van der Waals surface area contributed by atoms with Crippen LogP contribution >= 0.6 is 7.67 Å². The Morgan fingerprint density at radius 2 is 1.28 bits per heavy atom. The minimum Gasteiger partial charge on any atom is -0.296 e. The number of hydrogen-bond acceptors (Lipinski definition) is 2. The van der Waals surface area contributed by atoms with Crippen molar-refractivity contribution < 1.29 is 22.3 Å². The molecule has 8 heteroatoms. The van der Waals surface area contributed by atoms with E-state index in [4.69, 9.17) is 4.52 Å². The summed E-state index contributed by atoms with van der Waals surface area (Å²) in [6.45, 7) is 7.01. The standard InChI is InChI=1S/C10H22F3N2O2P/c1-5-14(6-2)18(16,15(7-3)8-4)17-9-10(11,12)13/h5-9H2,1-4H3. The zero-order chi connectivity index (χ0) is 14.4. The molecule has 0 heterocycles. The zero-order valence-corrected chi connectivity index (χ0v) is 12.2. The molecule has 0 amide bonds. The van der Waals surface area contributed by atoms with Gasteiger partial charge in [-0.3, -0.25) is 9.09 Å². The molecule has 0 aliphatic heterocycles. The second-order valence-electron chi connectivity index (χ2n) is 3.66. The van der Waals surface area contributed by atoms with E-state index < -0.39 is 20.5 Å². The molecule has 0 spiro atoms. The van der Waals surface area contributed by atoms with Gasteiger partial charge in [0.25, 0.3) is 0 Å². The van der Waals surface area contributed by atoms with Crippen molar-refractivity contribution in [3.8, 4) is 0 Å². The Balaban J connectivity index is 5.08. The van der Waals surface area contributed by atoms with Crippen molar-refractivity contribution in [1.82, 2.24) is 9.34 Å². The van der Waals surface area contributed by atoms with Gasteiger partial charge in [-0.2, -0.15) is 13.2 Å². The summed E-state index contributed by atoms with van der Waals surface area (Å²) in [5, 5.41) is 0. The average Bonchev–Trinajstić information content (AvgIpc) is 2.29. The van der Waals surface area contributed by atoms with Crippen LogP contribution in [-0.4, -0.2) is 48.3 Å². The van der Waals surface area contributed by atoms with E-state index in [-0.39, 0.29) is 0 Å². The van der Waals surface area contributed by atoms with Crippen LogP contribution in [0.15, 0.2) is 0 Å². The zero-order valence-electron chi connectivity index (χ0n) is 11.3. The van der Waals surface area contributed by atoms with E-state index >= 15 is 0 Å². The number of hydrogen-bond donors (Lipinski definition) is 0. The largest absolute Gasteiger partial charge is 0.412 e. The predicted molar refractivity (Wildman–Crippen MR) is 65.5 cm³/mol. The van der Waals surface area contributed by atoms with Crippen molar-refractivity contribution in [3.05, 3.63) is 0 Å². The highest BCUT2D eigenvalue weighted by atomic mass is 31.2. The van der Waals surface area contributed by atoms with E-state index in [1.807, 2.05) is 0 Å². The SMILES string of the molecule is CCN(CC)P(=O)(OCC(F)(F)F)N(CC)CC. The summed E-state index contributed by atoms with van der Waals surface area (Å²) in [4.78, 5) is 0. The molecule has 0 radical (unpaired) electrons. The van der Waals surface area contributed by atoms with Gasteiger partial charge in [-0.05, 0) is 0 Å². The van der Waals surface area contributed by atoms with E-state index in [1.165, 1.54) is 9.34 Å². The lowest BCUT2D eigenvalue weighted by Crippen LogP contribution is -2.34. The van der Waals surface area contributed by atoms with Crippen LogP contribution < -0.4 is 0 Å². The van der Waals surface area contributed by atoms with Crippen LogP contribution in [0.4, 0.5) is 13.2 Å². The monoisotopic (exact) mass is 290 g/mol. The predicted octanol–water partition coefficient (Wildman–Crippen LogP) is 3.36. The van der Waals surface area contributed by atoms with Crippen molar-refractivity contribution in [1.29, 1.82) is 0 Å². The molecule has 0 saturated carbocycles. The summed E-state index contributed by atoms with van der Waals surface area (Å²) in [6, 6.07) is 0. The molecule has 0 N–H and O–H groups in total. The van der Waals surface area contributed by atoms with Gasteiger partial charge >= 0.3 is 13.8 Å². The molecule has 0 aromatic carbocycles. The summed E-state index contributed by atoms with van der Waals surface area (Å²) >= 11 is 0. The summed E-state index contributed by atoms with van der Waals surface area (Å²) in [7, 11) is -3.59. The molecule has 4 nitrogen and oxygen atoms in total. The van der Waals surface area contributed by atoms with E-state index in [1.54, 1.807) is 27.7 Å². The van der Waals surface area contributed by atoms with Crippen LogP contribution in [0.2, 0.25) is 0 Å². The molecule has 18 heavy (non-hydrogen) atoms. The van der Waals surface area contributed by atoms with Gasteiger partial charge < -0.3 is 0 Å². The number of halogens is 3. The van der Waals surface area contributed by atoms with Crippen LogP contribution in [0.3, 0.4) is 0 Å². The Bertz CT molecular complexity index is 263. The minimum atomic E-state index is -4.48. The highest BCUT2D eigenvalue weighted by molar-refractivity contribution is 7.53. The van der Waals surface area contributed by atoms with Crippen molar-refractivity contribution in [2.24, 2.45) is 0 Å². The Hall–Kier alpha value is -0.100. The van der Waals surface area contributed by atoms with Gasteiger partial charge in [-0.25, -0.2) is 9.34 Å². The third-order valence-corrected chi connectivity index (χ3v) is 5.60. The van der Waals surface area contributed by atoms with Gasteiger partial charge in [0.05, 0.1) is 0 Å². The highest BCUT2D eigenvalue weighted by Gasteiger charge is 2.40. The van der Waals surface area contributed by atoms with Crippen LogP contribution in [0.5, 0.6) is 0 Å². The lowest BCUT2D eigenvalue weighted by Gasteiger charge is -2.36. The van der Waals surface area contributed by atoms with Crippen LogP contribution in [0.1, 0.15) is 27.7 Å². The first kappa shape index (κ1) is 17.9. The quantitative estimate of drug-likeness (QED) is 0.642. The van der Waals surface area contributed by atoms with Gasteiger partial charge in [-0.15, -0.1) is 0 Å². The van der Waals surface area contributed by atoms with Crippen LogP contribution in [0, 0.1) is 0 Å². The Labute approximate surface area is 107 Å². The fourth-order valence-corrected chi connectivity index (χ4v) is 4.09. The molecule has 0 aliphatic carbocycles. The molecular weight excluding hydrogens is 268 g/mol. The van der Waals surface area contributed by atoms with Gasteiger partial charge in [0.15, 0.2) is 6.61 Å². The van der Waals surface area contributed by atoms with Gasteiger partial charge in [0.2, 0.25) is 0 Å². The first-order valence-electron chi connectivity index (χ1n) is 6.07. The maximum absolute atomic E-state index is 12.7. The summed E-state index contributed by atoms with van der Waals surface area (Å²) in [6.07, 6.45) is -4.48. The minimum absolute atomic E-state index is 0.377. The first-order valence-corrected chi connectivity index (χ1v) is 7.60. The van der Waals surface area contributed by atoms with E-state index in [2.05, 4.69) is 0 Å². The highest BCUT2D eigenvalue weighted by Crippen LogP contribution is 2.54. The lowest BCUT2D eigenvalue weighted by atomic mass is 10.7. The Morgan fingerprint density at radius 3 is 1.50 bits per heavy atom. The Morgan fingerprint density at radius 1 is 0.944 bits per heavy atom. The third kappa shape index (κ3) is 4.88. The van der Waals surface area contributed by atoms with Gasteiger partial charge in [0.1, 0.15) is 0 Å². The molecular formula is C10H22F3N2O2P. The molecule has 0 atom stereocenters. The van der Waals surface area contributed by atoms with Crippen molar-refractivity contribution >= 4 is 7.67 Å². The maximum atomic E-state index is 12.7. The van der Waals surface area contributed by atoms with E-state index in [0.29, 0.717) is 26.2 Å². The maximum Gasteiger partial charge on any atom is 0.412 e. The molecule has 0 aromatic rings. The van der Waals surface area contributed by atoms with Gasteiger partial charge in [0, 0.05) is 26.2 Å². The average molecular weight is 290 g/mol. The molecule has 110 valence electrons. The number of alkyl halides is 3. The summed E-state index contributed by atoms with van der Waals surface area (Å²) in [5.74, 6) is 0. The van der Waals surface area contributed by atoms with Crippen LogP contribution in [-0.2, 0) is 9.09 Å². The number of rotatable bonds is 8. The summed E-state index contributed by atoms with van der Waals surface area (Å²) < 4.78 is 57.1. The summed E-state index contributed by atoms with van der Waals surface area (Å²) in [5.41, 5.74) is 0.